The number of rotatable bonds is 51. The fourth-order valence-corrected chi connectivity index (χ4v) is 7.91. The molecule has 0 aromatic rings. The smallest absolute Gasteiger partial charge is 0.306 e. The number of carbonyl (C=O) groups excluding carboxylic acids is 3. The molecule has 6 heteroatoms. The van der Waals surface area contributed by atoms with Crippen LogP contribution in [-0.2, 0) is 28.6 Å². The van der Waals surface area contributed by atoms with Gasteiger partial charge in [-0.05, 0) is 103 Å². The summed E-state index contributed by atoms with van der Waals surface area (Å²) in [4.78, 5) is 38.1. The lowest BCUT2D eigenvalue weighted by Crippen LogP contribution is -2.30. The Labute approximate surface area is 414 Å². The maximum atomic E-state index is 12.8. The molecule has 0 rings (SSSR count). The number of allylic oxidation sites excluding steroid dienone is 12. The molecule has 0 aliphatic carbocycles. The number of unbranched alkanes of at least 4 members (excludes halogenated alkanes) is 29. The summed E-state index contributed by atoms with van der Waals surface area (Å²) in [6, 6.07) is 0. The Bertz CT molecular complexity index is 1260. The van der Waals surface area contributed by atoms with Crippen LogP contribution in [0.25, 0.3) is 0 Å². The summed E-state index contributed by atoms with van der Waals surface area (Å²) in [7, 11) is 0. The van der Waals surface area contributed by atoms with E-state index in [9.17, 15) is 14.4 Å². The summed E-state index contributed by atoms with van der Waals surface area (Å²) in [5.74, 6) is -0.910. The standard InChI is InChI=1S/C61H106O6/c1-4-7-10-13-16-19-22-25-27-29-31-33-34-36-39-42-45-48-51-54-60(63)66-57-58(56-65-59(62)53-50-47-44-41-38-24-21-18-15-12-9-6-3)67-61(64)55-52-49-46-43-40-37-35-32-30-28-26-23-20-17-14-11-8-5-2/h7,10,16,18-19,21,25,27-28,30,32,35,58H,4-6,8-9,11-15,17,20,22-24,26,29,31,33-34,36-57H2,1-3H3/b10-7-,19-16-,21-18-,27-25-,30-28-,35-32-. The van der Waals surface area contributed by atoms with Crippen molar-refractivity contribution in [3.05, 3.63) is 72.9 Å². The maximum absolute atomic E-state index is 12.8. The van der Waals surface area contributed by atoms with E-state index in [1.54, 1.807) is 0 Å². The van der Waals surface area contributed by atoms with Crippen LogP contribution in [0.3, 0.4) is 0 Å². The molecule has 67 heavy (non-hydrogen) atoms. The van der Waals surface area contributed by atoms with Crippen LogP contribution in [0.15, 0.2) is 72.9 Å². The Kier molecular flexibility index (Phi) is 52.8. The zero-order valence-electron chi connectivity index (χ0n) is 44.2. The Balaban J connectivity index is 4.39. The largest absolute Gasteiger partial charge is 0.462 e. The van der Waals surface area contributed by atoms with Gasteiger partial charge in [0.1, 0.15) is 13.2 Å². The Morgan fingerprint density at radius 3 is 1.04 bits per heavy atom. The van der Waals surface area contributed by atoms with E-state index >= 15 is 0 Å². The van der Waals surface area contributed by atoms with E-state index < -0.39 is 6.10 Å². The molecule has 0 fully saturated rings. The lowest BCUT2D eigenvalue weighted by Gasteiger charge is -2.18. The van der Waals surface area contributed by atoms with Crippen LogP contribution in [0.1, 0.15) is 278 Å². The fraction of sp³-hybridized carbons (Fsp3) is 0.754. The molecule has 6 nitrogen and oxygen atoms in total. The molecule has 0 heterocycles. The van der Waals surface area contributed by atoms with Gasteiger partial charge in [-0.15, -0.1) is 0 Å². The van der Waals surface area contributed by atoms with E-state index in [0.717, 1.165) is 103 Å². The highest BCUT2D eigenvalue weighted by molar-refractivity contribution is 5.71. The third-order valence-electron chi connectivity index (χ3n) is 12.2. The molecule has 0 saturated carbocycles. The summed E-state index contributed by atoms with van der Waals surface area (Å²) >= 11 is 0. The summed E-state index contributed by atoms with van der Waals surface area (Å²) < 4.78 is 16.8. The number of esters is 3. The van der Waals surface area contributed by atoms with Crippen LogP contribution in [0, 0.1) is 0 Å². The molecule has 0 amide bonds. The first-order valence-corrected chi connectivity index (χ1v) is 28.5. The Hall–Kier alpha value is -3.15. The molecule has 0 aliphatic heterocycles. The van der Waals surface area contributed by atoms with Crippen molar-refractivity contribution in [1.29, 1.82) is 0 Å². The van der Waals surface area contributed by atoms with Crippen LogP contribution < -0.4 is 0 Å². The highest BCUT2D eigenvalue weighted by atomic mass is 16.6. The number of hydrogen-bond acceptors (Lipinski definition) is 6. The van der Waals surface area contributed by atoms with Gasteiger partial charge in [0.05, 0.1) is 0 Å². The van der Waals surface area contributed by atoms with Crippen molar-refractivity contribution in [3.63, 3.8) is 0 Å². The second-order valence-electron chi connectivity index (χ2n) is 18.8. The van der Waals surface area contributed by atoms with Gasteiger partial charge < -0.3 is 14.2 Å². The average molecular weight is 936 g/mol. The first kappa shape index (κ1) is 63.8. The lowest BCUT2D eigenvalue weighted by molar-refractivity contribution is -0.167. The molecule has 386 valence electrons. The van der Waals surface area contributed by atoms with Crippen LogP contribution in [0.5, 0.6) is 0 Å². The van der Waals surface area contributed by atoms with E-state index in [0.29, 0.717) is 19.3 Å². The second kappa shape index (κ2) is 55.4. The van der Waals surface area contributed by atoms with Gasteiger partial charge in [-0.25, -0.2) is 0 Å². The van der Waals surface area contributed by atoms with Gasteiger partial charge in [0, 0.05) is 19.3 Å². The Morgan fingerprint density at radius 1 is 0.328 bits per heavy atom. The molecule has 0 aliphatic rings. The molecule has 1 atom stereocenters. The monoisotopic (exact) mass is 935 g/mol. The first-order chi connectivity index (χ1) is 33.0. The van der Waals surface area contributed by atoms with E-state index in [4.69, 9.17) is 14.2 Å². The summed E-state index contributed by atoms with van der Waals surface area (Å²) in [6.07, 6.45) is 70.3. The number of ether oxygens (including phenoxy) is 3. The molecule has 0 N–H and O–H groups in total. The van der Waals surface area contributed by atoms with Gasteiger partial charge in [0.15, 0.2) is 6.10 Å². The van der Waals surface area contributed by atoms with E-state index in [1.807, 2.05) is 0 Å². The van der Waals surface area contributed by atoms with Crippen molar-refractivity contribution in [2.75, 3.05) is 13.2 Å². The lowest BCUT2D eigenvalue weighted by atomic mass is 10.1. The zero-order valence-corrected chi connectivity index (χ0v) is 44.2. The molecule has 0 saturated heterocycles. The quantitative estimate of drug-likeness (QED) is 0.0199. The molecular formula is C61H106O6. The van der Waals surface area contributed by atoms with Crippen molar-refractivity contribution in [1.82, 2.24) is 0 Å². The molecule has 0 spiro atoms. The third kappa shape index (κ3) is 53.7. The van der Waals surface area contributed by atoms with Crippen molar-refractivity contribution in [2.45, 2.75) is 284 Å². The topological polar surface area (TPSA) is 78.9 Å². The number of carbonyl (C=O) groups is 3. The van der Waals surface area contributed by atoms with Crippen molar-refractivity contribution >= 4 is 17.9 Å². The predicted molar refractivity (Wildman–Crippen MR) is 288 cm³/mol. The van der Waals surface area contributed by atoms with Gasteiger partial charge in [-0.2, -0.15) is 0 Å². The molecule has 0 aromatic heterocycles. The van der Waals surface area contributed by atoms with E-state index in [2.05, 4.69) is 93.7 Å². The highest BCUT2D eigenvalue weighted by Gasteiger charge is 2.19. The minimum absolute atomic E-state index is 0.0868. The van der Waals surface area contributed by atoms with Crippen LogP contribution in [-0.4, -0.2) is 37.2 Å². The second-order valence-corrected chi connectivity index (χ2v) is 18.8. The fourth-order valence-electron chi connectivity index (χ4n) is 7.91. The summed E-state index contributed by atoms with van der Waals surface area (Å²) in [6.45, 7) is 6.49. The van der Waals surface area contributed by atoms with Crippen LogP contribution >= 0.6 is 0 Å². The van der Waals surface area contributed by atoms with Gasteiger partial charge in [-0.1, -0.05) is 229 Å². The van der Waals surface area contributed by atoms with Crippen molar-refractivity contribution in [2.24, 2.45) is 0 Å². The summed E-state index contributed by atoms with van der Waals surface area (Å²) in [5.41, 5.74) is 0. The van der Waals surface area contributed by atoms with E-state index in [-0.39, 0.29) is 31.1 Å². The zero-order chi connectivity index (χ0) is 48.6. The van der Waals surface area contributed by atoms with Gasteiger partial charge in [0.2, 0.25) is 0 Å². The third-order valence-corrected chi connectivity index (χ3v) is 12.2. The SMILES string of the molecule is CC/C=C\C/C=C\C/C=C\CCCCCCCCCCCC(=O)OCC(COC(=O)CCCCCCC/C=C\CCCCC)OC(=O)CCCCCCC/C=C\C=C/CCCCCCCCC. The molecule has 0 radical (unpaired) electrons. The van der Waals surface area contributed by atoms with Gasteiger partial charge in [-0.3, -0.25) is 14.4 Å². The molecular weight excluding hydrogens is 829 g/mol. The van der Waals surface area contributed by atoms with E-state index in [1.165, 1.54) is 135 Å². The Morgan fingerprint density at radius 2 is 0.627 bits per heavy atom. The van der Waals surface area contributed by atoms with Crippen molar-refractivity contribution < 1.29 is 28.6 Å². The maximum Gasteiger partial charge on any atom is 0.306 e. The normalized spacial score (nSPS) is 12.6. The molecule has 0 aromatic carbocycles. The summed E-state index contributed by atoms with van der Waals surface area (Å²) in [5, 5.41) is 0. The van der Waals surface area contributed by atoms with Gasteiger partial charge in [0.25, 0.3) is 0 Å². The molecule has 0 bridgehead atoms. The van der Waals surface area contributed by atoms with Crippen LogP contribution in [0.2, 0.25) is 0 Å². The van der Waals surface area contributed by atoms with Crippen LogP contribution in [0.4, 0.5) is 0 Å². The number of hydrogen-bond donors (Lipinski definition) is 0. The predicted octanol–water partition coefficient (Wildman–Crippen LogP) is 19.0. The van der Waals surface area contributed by atoms with Crippen molar-refractivity contribution in [3.8, 4) is 0 Å². The highest BCUT2D eigenvalue weighted by Crippen LogP contribution is 2.15. The van der Waals surface area contributed by atoms with Gasteiger partial charge >= 0.3 is 17.9 Å². The average Bonchev–Trinajstić information content (AvgIpc) is 3.33. The minimum Gasteiger partial charge on any atom is -0.462 e. The molecule has 1 unspecified atom stereocenters. The first-order valence-electron chi connectivity index (χ1n) is 28.5. The minimum atomic E-state index is -0.789.